The predicted octanol–water partition coefficient (Wildman–Crippen LogP) is 1.06. The third-order valence-corrected chi connectivity index (χ3v) is 8.76. The van der Waals surface area contributed by atoms with Crippen molar-refractivity contribution in [3.05, 3.63) is 64.4 Å². The maximum atomic E-state index is 14.0. The molecule has 0 radical (unpaired) electrons. The number of rotatable bonds is 7. The number of hydroxylamine groups is 2. The Morgan fingerprint density at radius 1 is 1.07 bits per heavy atom. The molecule has 7 N–H and O–H groups in total. The number of fused-ring (bicyclic) bond motifs is 3. The molecule has 0 spiro atoms. The minimum absolute atomic E-state index is 0.00114. The number of hydrogen-bond acceptors (Lipinski definition) is 11. The second-order valence-corrected chi connectivity index (χ2v) is 11.5. The van der Waals surface area contributed by atoms with Gasteiger partial charge in [-0.3, -0.25) is 24.1 Å². The summed E-state index contributed by atoms with van der Waals surface area (Å²) >= 11 is 0. The normalized spacial score (nSPS) is 24.8. The van der Waals surface area contributed by atoms with Gasteiger partial charge in [0.2, 0.25) is 11.7 Å². The zero-order chi connectivity index (χ0) is 32.2. The zero-order valence-electron chi connectivity index (χ0n) is 24.6. The lowest BCUT2D eigenvalue weighted by molar-refractivity contribution is -0.153. The summed E-state index contributed by atoms with van der Waals surface area (Å²) in [5, 5.41) is 49.1. The number of carbonyl (C=O) groups excluding carboxylic acids is 4. The number of anilines is 1. The quantitative estimate of drug-likeness (QED) is 0.194. The van der Waals surface area contributed by atoms with Crippen LogP contribution in [0.5, 0.6) is 5.75 Å². The molecule has 0 aliphatic heterocycles. The van der Waals surface area contributed by atoms with Gasteiger partial charge in [0, 0.05) is 24.2 Å². The molecule has 5 rings (SSSR count). The van der Waals surface area contributed by atoms with Gasteiger partial charge in [-0.1, -0.05) is 18.2 Å². The molecular weight excluding hydrogens is 572 g/mol. The third kappa shape index (κ3) is 4.74. The Bertz CT molecular complexity index is 1650. The molecule has 1 unspecified atom stereocenters. The van der Waals surface area contributed by atoms with Gasteiger partial charge in [0.25, 0.3) is 5.91 Å². The molecule has 2 aromatic rings. The highest BCUT2D eigenvalue weighted by Crippen LogP contribution is 2.53. The van der Waals surface area contributed by atoms with Gasteiger partial charge in [0.1, 0.15) is 29.4 Å². The summed E-state index contributed by atoms with van der Waals surface area (Å²) in [5.74, 6) is -7.31. The number of carbonyl (C=O) groups is 4. The summed E-state index contributed by atoms with van der Waals surface area (Å²) in [7, 11) is 6.17. The zero-order valence-corrected chi connectivity index (χ0v) is 24.6. The number of primary amides is 1. The lowest BCUT2D eigenvalue weighted by Gasteiger charge is -2.50. The molecule has 0 aromatic heterocycles. The Kier molecular flexibility index (Phi) is 7.84. The number of nitrogens with zero attached hydrogens (tertiary/aromatic N) is 2. The van der Waals surface area contributed by atoms with E-state index in [2.05, 4.69) is 5.32 Å². The van der Waals surface area contributed by atoms with Crippen LogP contribution in [0.4, 0.5) is 5.69 Å². The number of nitrogens with one attached hydrogen (secondary N) is 1. The number of likely N-dealkylation sites (N-methyl/N-ethyl adjacent to an activating group) is 2. The SMILES string of the molecule is CON(C)CC(=O)Nc1ccc(-c2ccc(O)c3c2C[C@@H]2CC4[C@@H](N(C)C)C(=O)C(C(N)=O)=C(O)[C@]4(O)C(=O)C2=C3O)cc1. The topological polar surface area (TPSA) is 203 Å². The number of phenolic OH excluding ortho intramolecular Hbond substituents is 1. The molecule has 0 bridgehead atoms. The molecule has 2 aromatic carbocycles. The van der Waals surface area contributed by atoms with Crippen LogP contribution < -0.4 is 11.1 Å². The van der Waals surface area contributed by atoms with E-state index in [0.29, 0.717) is 22.4 Å². The number of nitrogens with two attached hydrogens (primary N) is 1. The van der Waals surface area contributed by atoms with Crippen molar-refractivity contribution in [1.82, 2.24) is 9.96 Å². The highest BCUT2D eigenvalue weighted by molar-refractivity contribution is 6.24. The van der Waals surface area contributed by atoms with E-state index < -0.39 is 58.0 Å². The van der Waals surface area contributed by atoms with Gasteiger partial charge in [-0.05, 0) is 67.7 Å². The van der Waals surface area contributed by atoms with Crippen LogP contribution in [0.15, 0.2) is 53.3 Å². The monoisotopic (exact) mass is 606 g/mol. The summed E-state index contributed by atoms with van der Waals surface area (Å²) in [5.41, 5.74) is 4.02. The molecule has 0 heterocycles. The second kappa shape index (κ2) is 11.2. The Labute approximate surface area is 252 Å². The average molecular weight is 607 g/mol. The molecule has 3 aliphatic carbocycles. The largest absolute Gasteiger partial charge is 0.508 e. The number of aliphatic hydroxyl groups excluding tert-OH is 2. The molecule has 2 amide bonds. The first-order valence-corrected chi connectivity index (χ1v) is 13.9. The summed E-state index contributed by atoms with van der Waals surface area (Å²) in [6.45, 7) is 0.0194. The van der Waals surface area contributed by atoms with Crippen molar-refractivity contribution in [2.75, 3.05) is 40.1 Å². The van der Waals surface area contributed by atoms with Crippen molar-refractivity contribution in [3.8, 4) is 16.9 Å². The summed E-state index contributed by atoms with van der Waals surface area (Å²) in [6.07, 6.45) is 0.141. The van der Waals surface area contributed by atoms with E-state index in [-0.39, 0.29) is 42.2 Å². The van der Waals surface area contributed by atoms with E-state index in [4.69, 9.17) is 10.6 Å². The number of aliphatic hydroxyl groups is 3. The number of aromatic hydroxyl groups is 1. The minimum Gasteiger partial charge on any atom is -0.508 e. The van der Waals surface area contributed by atoms with Gasteiger partial charge >= 0.3 is 0 Å². The molecular formula is C31H34N4O9. The summed E-state index contributed by atoms with van der Waals surface area (Å²) in [4.78, 5) is 58.1. The Hall–Kier alpha value is -4.56. The first-order valence-electron chi connectivity index (χ1n) is 13.9. The van der Waals surface area contributed by atoms with Crippen LogP contribution in [0.1, 0.15) is 17.5 Å². The van der Waals surface area contributed by atoms with Crippen molar-refractivity contribution in [2.45, 2.75) is 24.5 Å². The van der Waals surface area contributed by atoms with Gasteiger partial charge in [0.15, 0.2) is 11.4 Å². The summed E-state index contributed by atoms with van der Waals surface area (Å²) in [6, 6.07) is 8.81. The van der Waals surface area contributed by atoms with Crippen LogP contribution >= 0.6 is 0 Å². The first kappa shape index (κ1) is 30.9. The maximum absolute atomic E-state index is 14.0. The van der Waals surface area contributed by atoms with Crippen molar-refractivity contribution >= 4 is 34.8 Å². The number of benzene rings is 2. The molecule has 232 valence electrons. The van der Waals surface area contributed by atoms with E-state index in [9.17, 15) is 39.6 Å². The number of Topliss-reactive ketones (excluding diaryl/α,β-unsaturated/α-hetero) is 2. The van der Waals surface area contributed by atoms with E-state index >= 15 is 0 Å². The second-order valence-electron chi connectivity index (χ2n) is 11.5. The Balaban J connectivity index is 1.58. The standard InChI is InChI=1S/C31H34N4O9/c1-34(2)25-19-12-15-11-18-17(14-5-7-16(8-6-14)33-21(37)13-35(3)44-4)9-10-20(36)23(18)26(38)22(15)28(40)31(19,43)29(41)24(27(25)39)30(32)42/h5-10,15,19,25,36,38,41,43H,11-13H2,1-4H3,(H2,32,42)(H,33,37)/t15-,19?,25-,31-/m1/s1. The number of phenols is 1. The predicted molar refractivity (Wildman–Crippen MR) is 158 cm³/mol. The van der Waals surface area contributed by atoms with Gasteiger partial charge < -0.3 is 36.3 Å². The van der Waals surface area contributed by atoms with Gasteiger partial charge in [0.05, 0.1) is 18.7 Å². The fraction of sp³-hybridized carbons (Fsp3) is 0.355. The fourth-order valence-corrected chi connectivity index (χ4v) is 6.71. The molecule has 13 nitrogen and oxygen atoms in total. The molecule has 3 aliphatic rings. The molecule has 1 saturated carbocycles. The molecule has 0 saturated heterocycles. The number of amides is 2. The number of hydrogen-bond donors (Lipinski definition) is 6. The third-order valence-electron chi connectivity index (χ3n) is 8.76. The highest BCUT2D eigenvalue weighted by atomic mass is 16.7. The lowest BCUT2D eigenvalue weighted by atomic mass is 9.57. The maximum Gasteiger partial charge on any atom is 0.255 e. The van der Waals surface area contributed by atoms with Crippen LogP contribution in [0, 0.1) is 11.8 Å². The van der Waals surface area contributed by atoms with E-state index in [0.717, 1.165) is 0 Å². The van der Waals surface area contributed by atoms with Gasteiger partial charge in [-0.15, -0.1) is 0 Å². The molecule has 4 atom stereocenters. The van der Waals surface area contributed by atoms with Crippen molar-refractivity contribution in [2.24, 2.45) is 17.6 Å². The van der Waals surface area contributed by atoms with Crippen LogP contribution in [0.25, 0.3) is 16.9 Å². The van der Waals surface area contributed by atoms with Crippen LogP contribution in [-0.4, -0.2) is 100 Å². The van der Waals surface area contributed by atoms with Gasteiger partial charge in [-0.25, -0.2) is 0 Å². The van der Waals surface area contributed by atoms with Crippen molar-refractivity contribution < 1.29 is 44.4 Å². The molecule has 44 heavy (non-hydrogen) atoms. The average Bonchev–Trinajstić information content (AvgIpc) is 2.95. The Morgan fingerprint density at radius 3 is 2.32 bits per heavy atom. The van der Waals surface area contributed by atoms with Crippen LogP contribution in [0.2, 0.25) is 0 Å². The van der Waals surface area contributed by atoms with E-state index in [1.54, 1.807) is 51.5 Å². The molecule has 1 fully saturated rings. The first-order chi connectivity index (χ1) is 20.7. The van der Waals surface area contributed by atoms with Crippen LogP contribution in [-0.2, 0) is 30.4 Å². The van der Waals surface area contributed by atoms with E-state index in [1.165, 1.54) is 23.1 Å². The minimum atomic E-state index is -2.70. The highest BCUT2D eigenvalue weighted by Gasteiger charge is 2.64. The van der Waals surface area contributed by atoms with Crippen molar-refractivity contribution in [3.63, 3.8) is 0 Å². The Morgan fingerprint density at radius 2 is 1.73 bits per heavy atom. The van der Waals surface area contributed by atoms with Crippen LogP contribution in [0.3, 0.4) is 0 Å². The number of ketones is 2. The smallest absolute Gasteiger partial charge is 0.255 e. The summed E-state index contributed by atoms with van der Waals surface area (Å²) < 4.78 is 0. The fourth-order valence-electron chi connectivity index (χ4n) is 6.71. The lowest BCUT2D eigenvalue weighted by Crippen LogP contribution is -2.65. The molecule has 13 heteroatoms. The van der Waals surface area contributed by atoms with Gasteiger partial charge in [-0.2, -0.15) is 5.06 Å². The van der Waals surface area contributed by atoms with E-state index in [1.807, 2.05) is 0 Å². The van der Waals surface area contributed by atoms with Crippen molar-refractivity contribution in [1.29, 1.82) is 0 Å².